The van der Waals surface area contributed by atoms with Crippen molar-refractivity contribution in [2.45, 2.75) is 25.9 Å². The molecule has 0 bridgehead atoms. The predicted molar refractivity (Wildman–Crippen MR) is 86.8 cm³/mol. The first-order valence-electron chi connectivity index (χ1n) is 6.73. The molecule has 0 aliphatic rings. The summed E-state index contributed by atoms with van der Waals surface area (Å²) >= 11 is 3.40. The van der Waals surface area contributed by atoms with Crippen molar-refractivity contribution in [2.75, 3.05) is 6.54 Å². The molecule has 0 saturated heterocycles. The zero-order chi connectivity index (χ0) is 14.7. The van der Waals surface area contributed by atoms with Crippen LogP contribution in [0.1, 0.15) is 34.3 Å². The van der Waals surface area contributed by atoms with E-state index >= 15 is 0 Å². The third-order valence-corrected chi connectivity index (χ3v) is 4.33. The SMILES string of the molecule is Cc1ccc(C(CN)C(O)c2ccc(Br)cc2)cc1C. The van der Waals surface area contributed by atoms with Crippen molar-refractivity contribution in [3.8, 4) is 0 Å². The Morgan fingerprint density at radius 2 is 1.60 bits per heavy atom. The zero-order valence-electron chi connectivity index (χ0n) is 11.8. The van der Waals surface area contributed by atoms with Crippen LogP contribution in [0.4, 0.5) is 0 Å². The summed E-state index contributed by atoms with van der Waals surface area (Å²) in [7, 11) is 0. The normalized spacial score (nSPS) is 14.1. The molecular weight excluding hydrogens is 314 g/mol. The summed E-state index contributed by atoms with van der Waals surface area (Å²) in [5.74, 6) is -0.0875. The van der Waals surface area contributed by atoms with Crippen LogP contribution in [0.2, 0.25) is 0 Å². The molecule has 20 heavy (non-hydrogen) atoms. The van der Waals surface area contributed by atoms with Gasteiger partial charge in [-0.25, -0.2) is 0 Å². The van der Waals surface area contributed by atoms with Crippen molar-refractivity contribution < 1.29 is 5.11 Å². The number of aliphatic hydroxyl groups excluding tert-OH is 1. The molecule has 2 aromatic rings. The Balaban J connectivity index is 2.31. The van der Waals surface area contributed by atoms with E-state index in [1.807, 2.05) is 24.3 Å². The van der Waals surface area contributed by atoms with E-state index in [1.165, 1.54) is 11.1 Å². The Hall–Kier alpha value is -1.16. The van der Waals surface area contributed by atoms with Gasteiger partial charge in [0.25, 0.3) is 0 Å². The fraction of sp³-hybridized carbons (Fsp3) is 0.294. The number of benzene rings is 2. The lowest BCUT2D eigenvalue weighted by molar-refractivity contribution is 0.147. The van der Waals surface area contributed by atoms with Gasteiger partial charge in [0.05, 0.1) is 6.10 Å². The number of aliphatic hydroxyl groups is 1. The van der Waals surface area contributed by atoms with Gasteiger partial charge in [-0.3, -0.25) is 0 Å². The Bertz CT molecular complexity index is 580. The minimum atomic E-state index is -0.588. The molecule has 2 unspecified atom stereocenters. The number of aryl methyl sites for hydroxylation is 2. The Labute approximate surface area is 128 Å². The van der Waals surface area contributed by atoms with E-state index in [1.54, 1.807) is 0 Å². The van der Waals surface area contributed by atoms with E-state index in [-0.39, 0.29) is 5.92 Å². The molecule has 0 fully saturated rings. The van der Waals surface area contributed by atoms with E-state index < -0.39 is 6.10 Å². The van der Waals surface area contributed by atoms with Gasteiger partial charge in [0.2, 0.25) is 0 Å². The molecule has 2 rings (SSSR count). The monoisotopic (exact) mass is 333 g/mol. The van der Waals surface area contributed by atoms with Gasteiger partial charge in [-0.2, -0.15) is 0 Å². The molecule has 0 amide bonds. The summed E-state index contributed by atoms with van der Waals surface area (Å²) in [5.41, 5.74) is 10.3. The van der Waals surface area contributed by atoms with E-state index in [4.69, 9.17) is 5.73 Å². The van der Waals surface area contributed by atoms with Gasteiger partial charge in [-0.05, 0) is 48.2 Å². The number of nitrogens with two attached hydrogens (primary N) is 1. The second-order valence-electron chi connectivity index (χ2n) is 5.18. The largest absolute Gasteiger partial charge is 0.388 e. The molecule has 0 aliphatic heterocycles. The van der Waals surface area contributed by atoms with Crippen LogP contribution in [0.25, 0.3) is 0 Å². The summed E-state index contributed by atoms with van der Waals surface area (Å²) in [4.78, 5) is 0. The summed E-state index contributed by atoms with van der Waals surface area (Å²) in [6.07, 6.45) is -0.588. The topological polar surface area (TPSA) is 46.2 Å². The average molecular weight is 334 g/mol. The molecule has 0 heterocycles. The van der Waals surface area contributed by atoms with Crippen LogP contribution in [0, 0.1) is 13.8 Å². The first-order chi connectivity index (χ1) is 9.52. The highest BCUT2D eigenvalue weighted by Crippen LogP contribution is 2.31. The van der Waals surface area contributed by atoms with E-state index in [9.17, 15) is 5.11 Å². The van der Waals surface area contributed by atoms with Crippen LogP contribution in [0.5, 0.6) is 0 Å². The highest BCUT2D eigenvalue weighted by molar-refractivity contribution is 9.10. The lowest BCUT2D eigenvalue weighted by Gasteiger charge is -2.23. The van der Waals surface area contributed by atoms with Crippen LogP contribution in [-0.2, 0) is 0 Å². The molecule has 3 heteroatoms. The maximum Gasteiger partial charge on any atom is 0.0870 e. The molecule has 2 nitrogen and oxygen atoms in total. The van der Waals surface area contributed by atoms with Gasteiger partial charge < -0.3 is 10.8 Å². The fourth-order valence-electron chi connectivity index (χ4n) is 2.33. The third kappa shape index (κ3) is 3.29. The average Bonchev–Trinajstić information content (AvgIpc) is 2.44. The standard InChI is InChI=1S/C17H20BrNO/c1-11-3-4-14(9-12(11)2)16(10-19)17(20)13-5-7-15(18)8-6-13/h3-9,16-17,20H,10,19H2,1-2H3. The van der Waals surface area contributed by atoms with Gasteiger partial charge in [-0.1, -0.05) is 46.3 Å². The van der Waals surface area contributed by atoms with Gasteiger partial charge in [0.1, 0.15) is 0 Å². The molecule has 3 N–H and O–H groups in total. The summed E-state index contributed by atoms with van der Waals surface area (Å²) < 4.78 is 1.00. The lowest BCUT2D eigenvalue weighted by atomic mass is 9.88. The highest BCUT2D eigenvalue weighted by atomic mass is 79.9. The van der Waals surface area contributed by atoms with Crippen molar-refractivity contribution in [1.29, 1.82) is 0 Å². The first-order valence-corrected chi connectivity index (χ1v) is 7.53. The first kappa shape index (κ1) is 15.2. The van der Waals surface area contributed by atoms with E-state index in [0.29, 0.717) is 6.54 Å². The molecule has 0 radical (unpaired) electrons. The van der Waals surface area contributed by atoms with Gasteiger partial charge in [0.15, 0.2) is 0 Å². The Kier molecular flexibility index (Phi) is 4.97. The van der Waals surface area contributed by atoms with Crippen molar-refractivity contribution in [3.63, 3.8) is 0 Å². The quantitative estimate of drug-likeness (QED) is 0.892. The molecule has 0 aliphatic carbocycles. The van der Waals surface area contributed by atoms with Crippen LogP contribution in [-0.4, -0.2) is 11.7 Å². The fourth-order valence-corrected chi connectivity index (χ4v) is 2.60. The van der Waals surface area contributed by atoms with Crippen molar-refractivity contribution in [2.24, 2.45) is 5.73 Å². The molecule has 0 aromatic heterocycles. The maximum atomic E-state index is 10.6. The number of rotatable bonds is 4. The van der Waals surface area contributed by atoms with Crippen molar-refractivity contribution >= 4 is 15.9 Å². The number of hydrogen-bond donors (Lipinski definition) is 2. The molecule has 0 saturated carbocycles. The maximum absolute atomic E-state index is 10.6. The summed E-state index contributed by atoms with van der Waals surface area (Å²) in [6, 6.07) is 14.0. The van der Waals surface area contributed by atoms with E-state index in [0.717, 1.165) is 15.6 Å². The van der Waals surface area contributed by atoms with Crippen molar-refractivity contribution in [3.05, 3.63) is 69.2 Å². The van der Waals surface area contributed by atoms with Crippen LogP contribution < -0.4 is 5.73 Å². The molecule has 106 valence electrons. The molecular formula is C17H20BrNO. The Morgan fingerprint density at radius 3 is 2.15 bits per heavy atom. The number of hydrogen-bond acceptors (Lipinski definition) is 2. The zero-order valence-corrected chi connectivity index (χ0v) is 13.4. The molecule has 2 atom stereocenters. The van der Waals surface area contributed by atoms with Gasteiger partial charge in [0, 0.05) is 16.9 Å². The predicted octanol–water partition coefficient (Wildman–Crippen LogP) is 3.84. The van der Waals surface area contributed by atoms with Crippen molar-refractivity contribution in [1.82, 2.24) is 0 Å². The van der Waals surface area contributed by atoms with E-state index in [2.05, 4.69) is 48.0 Å². The second-order valence-corrected chi connectivity index (χ2v) is 6.10. The smallest absolute Gasteiger partial charge is 0.0870 e. The lowest BCUT2D eigenvalue weighted by Crippen LogP contribution is -2.20. The molecule has 2 aromatic carbocycles. The van der Waals surface area contributed by atoms with Gasteiger partial charge in [-0.15, -0.1) is 0 Å². The highest BCUT2D eigenvalue weighted by Gasteiger charge is 2.21. The minimum absolute atomic E-state index is 0.0875. The van der Waals surface area contributed by atoms with Crippen LogP contribution in [0.3, 0.4) is 0 Å². The Morgan fingerprint density at radius 1 is 1.00 bits per heavy atom. The minimum Gasteiger partial charge on any atom is -0.388 e. The van der Waals surface area contributed by atoms with Gasteiger partial charge >= 0.3 is 0 Å². The summed E-state index contributed by atoms with van der Waals surface area (Å²) in [6.45, 7) is 4.58. The van der Waals surface area contributed by atoms with Crippen LogP contribution >= 0.6 is 15.9 Å². The second kappa shape index (κ2) is 6.53. The van der Waals surface area contributed by atoms with Crippen LogP contribution in [0.15, 0.2) is 46.9 Å². The number of halogens is 1. The summed E-state index contributed by atoms with van der Waals surface area (Å²) in [5, 5.41) is 10.6. The third-order valence-electron chi connectivity index (χ3n) is 3.81. The molecule has 0 spiro atoms.